The Morgan fingerprint density at radius 3 is 2.38 bits per heavy atom. The van der Waals surface area contributed by atoms with Gasteiger partial charge >= 0.3 is 0 Å². The van der Waals surface area contributed by atoms with E-state index in [-0.39, 0.29) is 5.91 Å². The Labute approximate surface area is 140 Å². The minimum Gasteiger partial charge on any atom is -0.497 e. The number of nitrogens with one attached hydrogen (secondary N) is 1. The van der Waals surface area contributed by atoms with Gasteiger partial charge in [-0.3, -0.25) is 4.79 Å². The Kier molecular flexibility index (Phi) is 4.77. The molecule has 0 bridgehead atoms. The molecule has 24 heavy (non-hydrogen) atoms. The summed E-state index contributed by atoms with van der Waals surface area (Å²) in [6.07, 6.45) is 3.31. The quantitative estimate of drug-likeness (QED) is 0.706. The summed E-state index contributed by atoms with van der Waals surface area (Å²) in [5.41, 5.74) is 2.04. The number of rotatable bonds is 5. The van der Waals surface area contributed by atoms with Gasteiger partial charge in [-0.2, -0.15) is 0 Å². The number of benzene rings is 2. The van der Waals surface area contributed by atoms with Crippen molar-refractivity contribution in [2.24, 2.45) is 0 Å². The molecule has 0 aliphatic heterocycles. The Hall–Kier alpha value is -3.27. The van der Waals surface area contributed by atoms with Crippen LogP contribution in [0.1, 0.15) is 11.3 Å². The highest BCUT2D eigenvalue weighted by atomic mass is 16.5. The molecule has 3 rings (SSSR count). The Bertz CT molecular complexity index is 819. The van der Waals surface area contributed by atoms with Gasteiger partial charge in [-0.25, -0.2) is 0 Å². The van der Waals surface area contributed by atoms with Gasteiger partial charge in [-0.05, 0) is 48.0 Å². The number of furan rings is 1. The number of carbonyl (C=O) groups is 1. The molecule has 4 nitrogen and oxygen atoms in total. The van der Waals surface area contributed by atoms with E-state index < -0.39 is 0 Å². The van der Waals surface area contributed by atoms with Crippen molar-refractivity contribution >= 4 is 23.2 Å². The summed E-state index contributed by atoms with van der Waals surface area (Å²) in [5.74, 6) is 1.16. The number of methoxy groups -OCH3 is 1. The monoisotopic (exact) mass is 319 g/mol. The zero-order valence-corrected chi connectivity index (χ0v) is 13.2. The summed E-state index contributed by atoms with van der Waals surface area (Å²) >= 11 is 0. The molecule has 0 aliphatic carbocycles. The van der Waals surface area contributed by atoms with Crippen molar-refractivity contribution in [1.82, 2.24) is 0 Å². The number of hydrogen-bond donors (Lipinski definition) is 1. The van der Waals surface area contributed by atoms with Crippen LogP contribution in [0, 0.1) is 0 Å². The van der Waals surface area contributed by atoms with Crippen LogP contribution < -0.4 is 10.1 Å². The fraction of sp³-hybridized carbons (Fsp3) is 0.0500. The van der Waals surface area contributed by atoms with E-state index in [0.717, 1.165) is 11.3 Å². The highest BCUT2D eigenvalue weighted by Gasteiger charge is 2.13. The van der Waals surface area contributed by atoms with Crippen molar-refractivity contribution in [3.05, 3.63) is 84.3 Å². The molecular weight excluding hydrogens is 302 g/mol. The number of ether oxygens (including phenoxy) is 1. The molecule has 1 amide bonds. The first-order valence-corrected chi connectivity index (χ1v) is 7.52. The average Bonchev–Trinajstić information content (AvgIpc) is 3.14. The van der Waals surface area contributed by atoms with Crippen LogP contribution in [-0.4, -0.2) is 13.0 Å². The SMILES string of the molecule is COc1ccc(NC(=O)C(=Cc2ccco2)c2ccccc2)cc1. The van der Waals surface area contributed by atoms with Gasteiger partial charge in [-0.1, -0.05) is 30.3 Å². The van der Waals surface area contributed by atoms with Gasteiger partial charge in [0.05, 0.1) is 18.9 Å². The van der Waals surface area contributed by atoms with Gasteiger partial charge in [0.1, 0.15) is 11.5 Å². The van der Waals surface area contributed by atoms with Gasteiger partial charge in [0.15, 0.2) is 0 Å². The normalized spacial score (nSPS) is 11.1. The minimum atomic E-state index is -0.206. The summed E-state index contributed by atoms with van der Waals surface area (Å²) in [4.78, 5) is 12.7. The lowest BCUT2D eigenvalue weighted by Gasteiger charge is -2.10. The maximum Gasteiger partial charge on any atom is 0.256 e. The molecule has 120 valence electrons. The highest BCUT2D eigenvalue weighted by molar-refractivity contribution is 6.29. The topological polar surface area (TPSA) is 51.5 Å². The molecule has 2 aromatic carbocycles. The Morgan fingerprint density at radius 2 is 1.75 bits per heavy atom. The van der Waals surface area contributed by atoms with Crippen LogP contribution in [0.25, 0.3) is 11.6 Å². The highest BCUT2D eigenvalue weighted by Crippen LogP contribution is 2.22. The van der Waals surface area contributed by atoms with Crippen molar-refractivity contribution < 1.29 is 13.9 Å². The second-order valence-electron chi connectivity index (χ2n) is 5.12. The molecule has 0 atom stereocenters. The van der Waals surface area contributed by atoms with E-state index in [1.807, 2.05) is 36.4 Å². The lowest BCUT2D eigenvalue weighted by molar-refractivity contribution is -0.111. The van der Waals surface area contributed by atoms with Gasteiger partial charge < -0.3 is 14.5 Å². The number of anilines is 1. The van der Waals surface area contributed by atoms with E-state index in [4.69, 9.17) is 9.15 Å². The van der Waals surface area contributed by atoms with Crippen LogP contribution in [0.4, 0.5) is 5.69 Å². The van der Waals surface area contributed by atoms with Gasteiger partial charge in [-0.15, -0.1) is 0 Å². The molecule has 0 saturated carbocycles. The van der Waals surface area contributed by atoms with Crippen LogP contribution in [-0.2, 0) is 4.79 Å². The van der Waals surface area contributed by atoms with Gasteiger partial charge in [0.2, 0.25) is 0 Å². The third-order valence-electron chi connectivity index (χ3n) is 3.51. The predicted molar refractivity (Wildman–Crippen MR) is 94.6 cm³/mol. The standard InChI is InChI=1S/C20H17NO3/c1-23-17-11-9-16(10-12-17)21-20(22)19(14-18-8-5-13-24-18)15-6-3-2-4-7-15/h2-14H,1H3,(H,21,22). The number of hydrogen-bond acceptors (Lipinski definition) is 3. The van der Waals surface area contributed by atoms with E-state index in [1.54, 1.807) is 49.8 Å². The second-order valence-corrected chi connectivity index (χ2v) is 5.12. The van der Waals surface area contributed by atoms with E-state index in [9.17, 15) is 4.79 Å². The fourth-order valence-electron chi connectivity index (χ4n) is 2.29. The smallest absolute Gasteiger partial charge is 0.256 e. The fourth-order valence-corrected chi connectivity index (χ4v) is 2.29. The van der Waals surface area contributed by atoms with Gasteiger partial charge in [0, 0.05) is 5.69 Å². The summed E-state index contributed by atoms with van der Waals surface area (Å²) in [6.45, 7) is 0. The third-order valence-corrected chi connectivity index (χ3v) is 3.51. The van der Waals surface area contributed by atoms with Crippen LogP contribution in [0.5, 0.6) is 5.75 Å². The van der Waals surface area contributed by atoms with E-state index in [1.165, 1.54) is 0 Å². The molecule has 0 radical (unpaired) electrons. The molecule has 0 aliphatic rings. The first-order valence-electron chi connectivity index (χ1n) is 7.52. The molecule has 1 heterocycles. The maximum absolute atomic E-state index is 12.7. The van der Waals surface area contributed by atoms with Crippen molar-refractivity contribution in [1.29, 1.82) is 0 Å². The summed E-state index contributed by atoms with van der Waals surface area (Å²) in [5, 5.41) is 2.90. The van der Waals surface area contributed by atoms with Crippen molar-refractivity contribution in [3.63, 3.8) is 0 Å². The molecule has 4 heteroatoms. The van der Waals surface area contributed by atoms with Gasteiger partial charge in [0.25, 0.3) is 5.91 Å². The zero-order valence-electron chi connectivity index (χ0n) is 13.2. The second kappa shape index (κ2) is 7.33. The van der Waals surface area contributed by atoms with Crippen LogP contribution in [0.3, 0.4) is 0 Å². The average molecular weight is 319 g/mol. The molecule has 1 N–H and O–H groups in total. The number of carbonyl (C=O) groups excluding carboxylic acids is 1. The molecule has 0 spiro atoms. The van der Waals surface area contributed by atoms with Crippen molar-refractivity contribution in [2.45, 2.75) is 0 Å². The Balaban J connectivity index is 1.88. The molecule has 0 fully saturated rings. The van der Waals surface area contributed by atoms with Crippen molar-refractivity contribution in [2.75, 3.05) is 12.4 Å². The van der Waals surface area contributed by atoms with Crippen LogP contribution >= 0.6 is 0 Å². The summed E-state index contributed by atoms with van der Waals surface area (Å²) < 4.78 is 10.5. The minimum absolute atomic E-state index is 0.206. The van der Waals surface area contributed by atoms with E-state index >= 15 is 0 Å². The maximum atomic E-state index is 12.7. The molecule has 1 aromatic heterocycles. The third kappa shape index (κ3) is 3.73. The molecular formula is C20H17NO3. The molecule has 0 unspecified atom stereocenters. The lowest BCUT2D eigenvalue weighted by atomic mass is 10.0. The molecule has 0 saturated heterocycles. The lowest BCUT2D eigenvalue weighted by Crippen LogP contribution is -2.13. The van der Waals surface area contributed by atoms with E-state index in [0.29, 0.717) is 17.0 Å². The summed E-state index contributed by atoms with van der Waals surface area (Å²) in [7, 11) is 1.60. The molecule has 3 aromatic rings. The van der Waals surface area contributed by atoms with Crippen LogP contribution in [0.2, 0.25) is 0 Å². The predicted octanol–water partition coefficient (Wildman–Crippen LogP) is 4.47. The zero-order chi connectivity index (χ0) is 16.8. The van der Waals surface area contributed by atoms with Crippen molar-refractivity contribution in [3.8, 4) is 5.75 Å². The first kappa shape index (κ1) is 15.6. The summed E-state index contributed by atoms with van der Waals surface area (Å²) in [6, 6.07) is 20.3. The largest absolute Gasteiger partial charge is 0.497 e. The number of amides is 1. The Morgan fingerprint density at radius 1 is 1.00 bits per heavy atom. The van der Waals surface area contributed by atoms with Crippen LogP contribution in [0.15, 0.2) is 77.4 Å². The first-order chi connectivity index (χ1) is 11.8. The van der Waals surface area contributed by atoms with E-state index in [2.05, 4.69) is 5.32 Å².